The maximum Gasteiger partial charge on any atom is 0.121 e. The molecule has 5 aromatic rings. The Hall–Kier alpha value is -4.97. The number of anilines is 1. The summed E-state index contributed by atoms with van der Waals surface area (Å²) in [5.41, 5.74) is 6.23. The number of nitrogens with zero attached hydrogens (tertiary/aromatic N) is 5. The molecule has 5 aromatic carbocycles. The fraction of sp³-hybridized carbons (Fsp3) is 0.250. The Morgan fingerprint density at radius 1 is 0.783 bits per heavy atom. The molecule has 5 rings (SSSR count). The number of unbranched alkanes of at least 4 members (excludes halogenated alkanes) is 1. The second kappa shape index (κ2) is 15.3. The van der Waals surface area contributed by atoms with Crippen molar-refractivity contribution in [1.82, 2.24) is 0 Å². The lowest BCUT2D eigenvalue weighted by molar-refractivity contribution is 0.445. The third-order valence-corrected chi connectivity index (χ3v) is 8.84. The predicted molar refractivity (Wildman–Crippen MR) is 190 cm³/mol. The lowest BCUT2D eigenvalue weighted by Crippen LogP contribution is -2.29. The molecule has 0 radical (unpaired) electrons. The number of benzene rings is 5. The Morgan fingerprint density at radius 3 is 2.15 bits per heavy atom. The molecule has 0 heterocycles. The molecule has 1 atom stereocenters. The van der Waals surface area contributed by atoms with Gasteiger partial charge in [-0.1, -0.05) is 111 Å². The van der Waals surface area contributed by atoms with E-state index in [0.717, 1.165) is 52.7 Å². The first kappa shape index (κ1) is 32.4. The highest BCUT2D eigenvalue weighted by Gasteiger charge is 2.19. The molecule has 0 fully saturated rings. The second-order valence-corrected chi connectivity index (χ2v) is 12.2. The van der Waals surface area contributed by atoms with Crippen LogP contribution in [0.25, 0.3) is 21.9 Å². The van der Waals surface area contributed by atoms with E-state index in [9.17, 15) is 10.5 Å². The fourth-order valence-corrected chi connectivity index (χ4v) is 6.12. The van der Waals surface area contributed by atoms with Crippen LogP contribution in [0.1, 0.15) is 61.8 Å². The molecule has 230 valence electrons. The predicted octanol–water partition coefficient (Wildman–Crippen LogP) is 11.9. The first-order valence-corrected chi connectivity index (χ1v) is 16.3. The van der Waals surface area contributed by atoms with Gasteiger partial charge < -0.3 is 4.90 Å². The van der Waals surface area contributed by atoms with Crippen molar-refractivity contribution in [2.24, 2.45) is 16.1 Å². The van der Waals surface area contributed by atoms with Crippen LogP contribution in [-0.4, -0.2) is 6.54 Å². The highest BCUT2D eigenvalue weighted by molar-refractivity contribution is 6.33. The normalized spacial score (nSPS) is 11.8. The van der Waals surface area contributed by atoms with Crippen LogP contribution in [0.15, 0.2) is 107 Å². The van der Waals surface area contributed by atoms with Crippen LogP contribution in [0, 0.1) is 35.5 Å². The number of halogens is 1. The van der Waals surface area contributed by atoms with Crippen LogP contribution in [-0.2, 0) is 6.54 Å². The monoisotopic (exact) mass is 623 g/mol. The van der Waals surface area contributed by atoms with Gasteiger partial charge in [-0.25, -0.2) is 0 Å². The van der Waals surface area contributed by atoms with E-state index in [0.29, 0.717) is 16.6 Å². The summed E-state index contributed by atoms with van der Waals surface area (Å²) in [6.07, 6.45) is 4.68. The van der Waals surface area contributed by atoms with Gasteiger partial charge in [0.25, 0.3) is 0 Å². The maximum absolute atomic E-state index is 10.1. The topological polar surface area (TPSA) is 75.5 Å². The molecule has 0 saturated heterocycles. The van der Waals surface area contributed by atoms with Crippen molar-refractivity contribution in [1.29, 1.82) is 10.5 Å². The van der Waals surface area contributed by atoms with Gasteiger partial charge in [0.05, 0.1) is 27.5 Å². The molecule has 5 nitrogen and oxygen atoms in total. The Bertz CT molecular complexity index is 1900. The molecule has 0 aliphatic rings. The summed E-state index contributed by atoms with van der Waals surface area (Å²) in [4.78, 5) is 2.38. The smallest absolute Gasteiger partial charge is 0.121 e. The van der Waals surface area contributed by atoms with Gasteiger partial charge in [0.15, 0.2) is 0 Å². The molecular weight excluding hydrogens is 586 g/mol. The van der Waals surface area contributed by atoms with Crippen LogP contribution in [0.2, 0.25) is 5.02 Å². The molecule has 0 amide bonds. The van der Waals surface area contributed by atoms with Crippen molar-refractivity contribution in [2.45, 2.75) is 53.0 Å². The Kier molecular flexibility index (Phi) is 10.8. The van der Waals surface area contributed by atoms with Crippen LogP contribution < -0.4 is 4.90 Å². The summed E-state index contributed by atoms with van der Waals surface area (Å²) in [7, 11) is 0. The standard InChI is InChI=1S/C40H38ClN5/c1-4-6-12-29(5-2)26-46(27-30-13-8-7-9-14-30)39-19-28(3)38(23-37(39)41)44-45-40-35(24-42)21-34(22-36(40)25-43)33-18-17-31-15-10-11-16-32(31)20-33/h7-11,13-23,29H,4-6,12,26-27H2,1-3H3. The van der Waals surface area contributed by atoms with E-state index in [1.54, 1.807) is 12.1 Å². The molecule has 0 aromatic heterocycles. The van der Waals surface area contributed by atoms with Gasteiger partial charge in [-0.15, -0.1) is 5.11 Å². The highest BCUT2D eigenvalue weighted by Crippen LogP contribution is 2.37. The van der Waals surface area contributed by atoms with Crippen molar-refractivity contribution in [2.75, 3.05) is 11.4 Å². The minimum atomic E-state index is 0.251. The van der Waals surface area contributed by atoms with E-state index < -0.39 is 0 Å². The summed E-state index contributed by atoms with van der Waals surface area (Å²) >= 11 is 6.97. The number of hydrogen-bond donors (Lipinski definition) is 0. The first-order valence-electron chi connectivity index (χ1n) is 15.9. The van der Waals surface area contributed by atoms with E-state index in [2.05, 4.69) is 83.6 Å². The average Bonchev–Trinajstić information content (AvgIpc) is 3.09. The minimum Gasteiger partial charge on any atom is -0.366 e. The highest BCUT2D eigenvalue weighted by atomic mass is 35.5. The number of rotatable bonds is 12. The lowest BCUT2D eigenvalue weighted by atomic mass is 9.97. The summed E-state index contributed by atoms with van der Waals surface area (Å²) in [6.45, 7) is 8.15. The molecule has 0 aliphatic heterocycles. The summed E-state index contributed by atoms with van der Waals surface area (Å²) in [5.74, 6) is 0.561. The molecule has 6 heteroatoms. The van der Waals surface area contributed by atoms with E-state index in [-0.39, 0.29) is 16.8 Å². The summed E-state index contributed by atoms with van der Waals surface area (Å²) < 4.78 is 0. The third-order valence-electron chi connectivity index (χ3n) is 8.54. The van der Waals surface area contributed by atoms with Gasteiger partial charge in [-0.3, -0.25) is 0 Å². The van der Waals surface area contributed by atoms with Crippen molar-refractivity contribution < 1.29 is 0 Å². The number of azo groups is 1. The molecule has 0 aliphatic carbocycles. The Labute approximate surface area is 277 Å². The zero-order chi connectivity index (χ0) is 32.5. The van der Waals surface area contributed by atoms with Crippen LogP contribution in [0.3, 0.4) is 0 Å². The average molecular weight is 624 g/mol. The van der Waals surface area contributed by atoms with Crippen molar-refractivity contribution in [3.8, 4) is 23.3 Å². The van der Waals surface area contributed by atoms with Crippen LogP contribution >= 0.6 is 11.6 Å². The number of hydrogen-bond acceptors (Lipinski definition) is 5. The molecule has 0 N–H and O–H groups in total. The largest absolute Gasteiger partial charge is 0.366 e. The van der Waals surface area contributed by atoms with Gasteiger partial charge in [0.2, 0.25) is 0 Å². The molecule has 46 heavy (non-hydrogen) atoms. The molecular formula is C40H38ClN5. The Balaban J connectivity index is 1.47. The zero-order valence-electron chi connectivity index (χ0n) is 26.7. The van der Waals surface area contributed by atoms with Crippen LogP contribution in [0.4, 0.5) is 17.1 Å². The third kappa shape index (κ3) is 7.63. The van der Waals surface area contributed by atoms with E-state index in [1.807, 2.05) is 49.4 Å². The van der Waals surface area contributed by atoms with Gasteiger partial charge in [0, 0.05) is 13.1 Å². The Morgan fingerprint density at radius 2 is 1.48 bits per heavy atom. The minimum absolute atomic E-state index is 0.251. The summed E-state index contributed by atoms with van der Waals surface area (Å²) in [6, 6.07) is 36.6. The van der Waals surface area contributed by atoms with Gasteiger partial charge >= 0.3 is 0 Å². The fourth-order valence-electron chi connectivity index (χ4n) is 5.84. The van der Waals surface area contributed by atoms with E-state index >= 15 is 0 Å². The molecule has 0 saturated carbocycles. The van der Waals surface area contributed by atoms with Crippen molar-refractivity contribution in [3.63, 3.8) is 0 Å². The second-order valence-electron chi connectivity index (χ2n) is 11.8. The number of aryl methyl sites for hydroxylation is 1. The van der Waals surface area contributed by atoms with E-state index in [4.69, 9.17) is 11.6 Å². The van der Waals surface area contributed by atoms with Crippen LogP contribution in [0.5, 0.6) is 0 Å². The van der Waals surface area contributed by atoms with Crippen molar-refractivity contribution >= 4 is 39.4 Å². The van der Waals surface area contributed by atoms with Gasteiger partial charge in [0.1, 0.15) is 17.8 Å². The zero-order valence-corrected chi connectivity index (χ0v) is 27.4. The number of nitriles is 2. The first-order chi connectivity index (χ1) is 22.4. The number of fused-ring (bicyclic) bond motifs is 1. The molecule has 1 unspecified atom stereocenters. The van der Waals surface area contributed by atoms with Gasteiger partial charge in [-0.2, -0.15) is 15.6 Å². The quantitative estimate of drug-likeness (QED) is 0.130. The van der Waals surface area contributed by atoms with Gasteiger partial charge in [-0.05, 0) is 82.6 Å². The summed E-state index contributed by atoms with van der Waals surface area (Å²) in [5, 5.41) is 31.9. The molecule has 0 spiro atoms. The SMILES string of the molecule is CCCCC(CC)CN(Cc1ccccc1)c1cc(C)c(N=Nc2c(C#N)cc(-c3ccc4ccccc4c3)cc2C#N)cc1Cl. The van der Waals surface area contributed by atoms with E-state index in [1.165, 1.54) is 24.8 Å². The lowest BCUT2D eigenvalue weighted by Gasteiger charge is -2.30. The maximum atomic E-state index is 10.1. The van der Waals surface area contributed by atoms with Crippen molar-refractivity contribution in [3.05, 3.63) is 124 Å². The molecule has 0 bridgehead atoms.